The van der Waals surface area contributed by atoms with Crippen molar-refractivity contribution in [1.82, 2.24) is 15.0 Å². The summed E-state index contributed by atoms with van der Waals surface area (Å²) in [6, 6.07) is 54.6. The fourth-order valence-electron chi connectivity index (χ4n) is 7.58. The van der Waals surface area contributed by atoms with E-state index in [2.05, 4.69) is 136 Å². The highest BCUT2D eigenvalue weighted by atomic mass is 14.7. The lowest BCUT2D eigenvalue weighted by Gasteiger charge is -2.16. The number of hydrogen-bond acceptors (Lipinski definition) is 3. The molecule has 0 fully saturated rings. The number of benzene rings is 7. The number of hydrogen-bond donors (Lipinski definition) is 0. The Morgan fingerprint density at radius 1 is 0.320 bits per heavy atom. The second-order valence-electron chi connectivity index (χ2n) is 12.9. The third kappa shape index (κ3) is 4.71. The topological polar surface area (TPSA) is 38.7 Å². The van der Waals surface area contributed by atoms with Gasteiger partial charge in [0.25, 0.3) is 0 Å². The van der Waals surface area contributed by atoms with Crippen molar-refractivity contribution in [3.8, 4) is 55.9 Å². The second kappa shape index (κ2) is 11.5. The number of fused-ring (bicyclic) bond motifs is 1. The summed E-state index contributed by atoms with van der Waals surface area (Å²) in [5, 5.41) is 10.1. The van der Waals surface area contributed by atoms with E-state index in [0.29, 0.717) is 0 Å². The lowest BCUT2D eigenvalue weighted by Crippen LogP contribution is -1.90. The molecule has 0 bridgehead atoms. The van der Waals surface area contributed by atoms with Crippen LogP contribution in [0.2, 0.25) is 0 Å². The zero-order chi connectivity index (χ0) is 33.0. The molecule has 0 N–H and O–H groups in total. The van der Waals surface area contributed by atoms with Crippen LogP contribution in [-0.2, 0) is 0 Å². The lowest BCUT2D eigenvalue weighted by atomic mass is 9.87. The first-order valence-electron chi connectivity index (χ1n) is 16.9. The van der Waals surface area contributed by atoms with E-state index in [0.717, 1.165) is 39.2 Å². The predicted molar refractivity (Wildman–Crippen MR) is 208 cm³/mol. The van der Waals surface area contributed by atoms with Crippen molar-refractivity contribution in [3.63, 3.8) is 0 Å². The molecule has 3 heteroatoms. The maximum Gasteiger partial charge on any atom is 0.0702 e. The highest BCUT2D eigenvalue weighted by molar-refractivity contribution is 6.27. The van der Waals surface area contributed by atoms with Gasteiger partial charge in [-0.2, -0.15) is 0 Å². The summed E-state index contributed by atoms with van der Waals surface area (Å²) in [6.07, 6.45) is 7.47. The van der Waals surface area contributed by atoms with Crippen molar-refractivity contribution in [2.75, 3.05) is 0 Å². The van der Waals surface area contributed by atoms with Crippen LogP contribution in [0.3, 0.4) is 0 Å². The summed E-state index contributed by atoms with van der Waals surface area (Å²) in [6.45, 7) is 0. The van der Waals surface area contributed by atoms with Gasteiger partial charge in [-0.1, -0.05) is 91.0 Å². The van der Waals surface area contributed by atoms with Gasteiger partial charge in [0.15, 0.2) is 0 Å². The Morgan fingerprint density at radius 2 is 0.860 bits per heavy atom. The zero-order valence-corrected chi connectivity index (χ0v) is 27.1. The average molecular weight is 636 g/mol. The molecule has 10 aromatic rings. The maximum absolute atomic E-state index is 4.65. The Bertz CT molecular complexity index is 2790. The van der Waals surface area contributed by atoms with E-state index in [9.17, 15) is 0 Å². The largest absolute Gasteiger partial charge is 0.264 e. The zero-order valence-electron chi connectivity index (χ0n) is 27.1. The van der Waals surface area contributed by atoms with Crippen LogP contribution in [0.25, 0.3) is 99.0 Å². The summed E-state index contributed by atoms with van der Waals surface area (Å²) in [5.41, 5.74) is 11.1. The van der Waals surface area contributed by atoms with E-state index in [4.69, 9.17) is 0 Å². The quantitative estimate of drug-likeness (QED) is 0.177. The summed E-state index contributed by atoms with van der Waals surface area (Å²) in [7, 11) is 0. The van der Waals surface area contributed by atoms with Gasteiger partial charge in [0.2, 0.25) is 0 Å². The van der Waals surface area contributed by atoms with Crippen LogP contribution >= 0.6 is 0 Å². The first-order valence-corrected chi connectivity index (χ1v) is 16.9. The predicted octanol–water partition coefficient (Wildman–Crippen LogP) is 12.3. The van der Waals surface area contributed by atoms with Crippen LogP contribution < -0.4 is 0 Å². The normalized spacial score (nSPS) is 11.6. The number of nitrogens with zero attached hydrogens (tertiary/aromatic N) is 3. The number of pyridine rings is 3. The summed E-state index contributed by atoms with van der Waals surface area (Å²) in [5.74, 6) is 0. The van der Waals surface area contributed by atoms with Gasteiger partial charge in [-0.15, -0.1) is 0 Å². The Morgan fingerprint density at radius 3 is 1.44 bits per heavy atom. The minimum Gasteiger partial charge on any atom is -0.264 e. The van der Waals surface area contributed by atoms with Crippen LogP contribution in [0.5, 0.6) is 0 Å². The third-order valence-electron chi connectivity index (χ3n) is 9.98. The molecule has 10 rings (SSSR count). The first kappa shape index (κ1) is 28.3. The van der Waals surface area contributed by atoms with Gasteiger partial charge >= 0.3 is 0 Å². The van der Waals surface area contributed by atoms with Crippen molar-refractivity contribution in [2.24, 2.45) is 0 Å². The van der Waals surface area contributed by atoms with Gasteiger partial charge in [-0.05, 0) is 132 Å². The van der Waals surface area contributed by atoms with E-state index in [1.807, 2.05) is 55.1 Å². The average Bonchev–Trinajstić information content (AvgIpc) is 3.20. The molecule has 0 aliphatic carbocycles. The van der Waals surface area contributed by atoms with Crippen molar-refractivity contribution < 1.29 is 0 Å². The number of rotatable bonds is 5. The molecule has 3 aromatic heterocycles. The SMILES string of the molecule is c1ccc(-c2cc(-c3ccc4cc(-c5ccc6ccc7c(-c8cccnc8)ccc8ccc5c6c87)ccc4c3)cc(-c3ccccn3)c2)nc1. The minimum atomic E-state index is 0.943. The van der Waals surface area contributed by atoms with Crippen LogP contribution in [0.1, 0.15) is 0 Å². The van der Waals surface area contributed by atoms with E-state index in [1.54, 1.807) is 0 Å². The van der Waals surface area contributed by atoms with E-state index in [-0.39, 0.29) is 0 Å². The monoisotopic (exact) mass is 635 g/mol. The third-order valence-corrected chi connectivity index (χ3v) is 9.98. The molecule has 232 valence electrons. The Labute approximate surface area is 289 Å². The van der Waals surface area contributed by atoms with E-state index >= 15 is 0 Å². The highest BCUT2D eigenvalue weighted by Gasteiger charge is 2.16. The first-order chi connectivity index (χ1) is 24.8. The molecule has 0 spiro atoms. The number of aromatic nitrogens is 3. The van der Waals surface area contributed by atoms with Gasteiger partial charge in [0.1, 0.15) is 0 Å². The van der Waals surface area contributed by atoms with E-state index < -0.39 is 0 Å². The van der Waals surface area contributed by atoms with Crippen molar-refractivity contribution in [1.29, 1.82) is 0 Å². The van der Waals surface area contributed by atoms with Gasteiger partial charge in [-0.25, -0.2) is 0 Å². The molecule has 50 heavy (non-hydrogen) atoms. The molecular formula is C47H29N3. The fourth-order valence-corrected chi connectivity index (χ4v) is 7.58. The van der Waals surface area contributed by atoms with Crippen LogP contribution in [0.15, 0.2) is 176 Å². The molecule has 0 unspecified atom stereocenters. The van der Waals surface area contributed by atoms with Gasteiger partial charge < -0.3 is 0 Å². The molecular weight excluding hydrogens is 607 g/mol. The lowest BCUT2D eigenvalue weighted by molar-refractivity contribution is 1.31. The van der Waals surface area contributed by atoms with Crippen molar-refractivity contribution in [2.45, 2.75) is 0 Å². The molecule has 0 atom stereocenters. The molecule has 0 amide bonds. The van der Waals surface area contributed by atoms with Crippen LogP contribution in [0, 0.1) is 0 Å². The highest BCUT2D eigenvalue weighted by Crippen LogP contribution is 2.43. The smallest absolute Gasteiger partial charge is 0.0702 e. The standard InChI is InChI=1S/C47H29N3/c1-3-22-49-44(7-1)38-26-37(27-39(28-38)45-8-2-4-23-50-45)34-10-9-33-25-35(12-11-32(33)24-34)40-17-13-30-16-20-43-41(36-6-5-21-48-29-36)18-14-31-15-19-42(40)46(30)47(31)43/h1-29H. The molecule has 7 aromatic carbocycles. The molecule has 0 saturated heterocycles. The summed E-state index contributed by atoms with van der Waals surface area (Å²) < 4.78 is 0. The molecule has 3 heterocycles. The van der Waals surface area contributed by atoms with Crippen molar-refractivity contribution >= 4 is 43.1 Å². The maximum atomic E-state index is 4.65. The summed E-state index contributed by atoms with van der Waals surface area (Å²) in [4.78, 5) is 13.7. The fraction of sp³-hybridized carbons (Fsp3) is 0. The summed E-state index contributed by atoms with van der Waals surface area (Å²) >= 11 is 0. The Hall–Kier alpha value is -6.71. The van der Waals surface area contributed by atoms with E-state index in [1.165, 1.54) is 59.8 Å². The van der Waals surface area contributed by atoms with Crippen molar-refractivity contribution in [3.05, 3.63) is 176 Å². The second-order valence-corrected chi connectivity index (χ2v) is 12.9. The van der Waals surface area contributed by atoms with Gasteiger partial charge in [0.05, 0.1) is 11.4 Å². The molecule has 0 aliphatic rings. The minimum absolute atomic E-state index is 0.943. The molecule has 0 aliphatic heterocycles. The Kier molecular flexibility index (Phi) is 6.49. The van der Waals surface area contributed by atoms with Crippen LogP contribution in [0.4, 0.5) is 0 Å². The van der Waals surface area contributed by atoms with Crippen LogP contribution in [-0.4, -0.2) is 15.0 Å². The Balaban J connectivity index is 1.09. The molecule has 3 nitrogen and oxygen atoms in total. The molecule has 0 radical (unpaired) electrons. The van der Waals surface area contributed by atoms with Gasteiger partial charge in [-0.3, -0.25) is 15.0 Å². The van der Waals surface area contributed by atoms with Gasteiger partial charge in [0, 0.05) is 41.5 Å². The molecule has 0 saturated carbocycles.